The van der Waals surface area contributed by atoms with E-state index >= 15 is 0 Å². The minimum Gasteiger partial charge on any atom is -0.489 e. The quantitative estimate of drug-likeness (QED) is 0.786. The summed E-state index contributed by atoms with van der Waals surface area (Å²) in [6.45, 7) is 2.27. The van der Waals surface area contributed by atoms with Crippen molar-refractivity contribution in [3.8, 4) is 5.75 Å². The zero-order valence-electron chi connectivity index (χ0n) is 9.41. The molecule has 0 aliphatic heterocycles. The van der Waals surface area contributed by atoms with Gasteiger partial charge in [-0.05, 0) is 48.4 Å². The van der Waals surface area contributed by atoms with Crippen molar-refractivity contribution in [2.45, 2.75) is 13.5 Å². The molecule has 0 saturated heterocycles. The van der Waals surface area contributed by atoms with Crippen LogP contribution in [0.4, 0.5) is 4.39 Å². The number of benzene rings is 2. The normalized spacial score (nSPS) is 10.3. The number of rotatable bonds is 3. The maximum Gasteiger partial charge on any atom is 0.123 e. The molecule has 0 radical (unpaired) electrons. The lowest BCUT2D eigenvalue weighted by Crippen LogP contribution is -1.97. The van der Waals surface area contributed by atoms with Crippen molar-refractivity contribution < 1.29 is 9.13 Å². The van der Waals surface area contributed by atoms with Crippen LogP contribution in [0.25, 0.3) is 0 Å². The molecule has 1 nitrogen and oxygen atoms in total. The van der Waals surface area contributed by atoms with E-state index in [2.05, 4.69) is 0 Å². The molecule has 0 aromatic heterocycles. The van der Waals surface area contributed by atoms with Crippen LogP contribution < -0.4 is 4.74 Å². The van der Waals surface area contributed by atoms with Crippen LogP contribution in [-0.2, 0) is 6.61 Å². The Balaban J connectivity index is 2.04. The van der Waals surface area contributed by atoms with Crippen molar-refractivity contribution in [2.75, 3.05) is 0 Å². The molecule has 0 bridgehead atoms. The van der Waals surface area contributed by atoms with E-state index in [0.29, 0.717) is 17.4 Å². The van der Waals surface area contributed by atoms with Crippen LogP contribution in [0, 0.1) is 12.7 Å². The molecule has 0 N–H and O–H groups in total. The monoisotopic (exact) mass is 250 g/mol. The van der Waals surface area contributed by atoms with Crippen molar-refractivity contribution >= 4 is 11.6 Å². The first-order chi connectivity index (χ1) is 8.15. The van der Waals surface area contributed by atoms with E-state index in [1.165, 1.54) is 12.1 Å². The van der Waals surface area contributed by atoms with E-state index in [1.807, 2.05) is 31.2 Å². The smallest absolute Gasteiger partial charge is 0.123 e. The van der Waals surface area contributed by atoms with Crippen LogP contribution in [0.1, 0.15) is 11.1 Å². The summed E-state index contributed by atoms with van der Waals surface area (Å²) in [5.74, 6) is 0.447. The van der Waals surface area contributed by atoms with Gasteiger partial charge in [0.25, 0.3) is 0 Å². The Morgan fingerprint density at radius 2 is 1.82 bits per heavy atom. The van der Waals surface area contributed by atoms with Gasteiger partial charge >= 0.3 is 0 Å². The molecular weight excluding hydrogens is 239 g/mol. The number of hydrogen-bond donors (Lipinski definition) is 0. The van der Waals surface area contributed by atoms with Gasteiger partial charge in [-0.25, -0.2) is 4.39 Å². The first kappa shape index (κ1) is 11.9. The standard InChI is InChI=1S/C14H12ClFO/c1-10-8-13(16)6-7-14(10)17-9-11-2-4-12(15)5-3-11/h2-8H,9H2,1H3. The molecule has 2 rings (SSSR count). The molecule has 0 heterocycles. The van der Waals surface area contributed by atoms with Crippen LogP contribution in [0.2, 0.25) is 5.02 Å². The van der Waals surface area contributed by atoms with Gasteiger partial charge in [-0.1, -0.05) is 23.7 Å². The van der Waals surface area contributed by atoms with E-state index in [4.69, 9.17) is 16.3 Å². The maximum atomic E-state index is 12.9. The number of aryl methyl sites for hydroxylation is 1. The van der Waals surface area contributed by atoms with E-state index in [1.54, 1.807) is 6.07 Å². The third kappa shape index (κ3) is 3.21. The van der Waals surface area contributed by atoms with E-state index < -0.39 is 0 Å². The minimum atomic E-state index is -0.249. The SMILES string of the molecule is Cc1cc(F)ccc1OCc1ccc(Cl)cc1. The van der Waals surface area contributed by atoms with Crippen molar-refractivity contribution in [3.63, 3.8) is 0 Å². The fraction of sp³-hybridized carbons (Fsp3) is 0.143. The summed E-state index contributed by atoms with van der Waals surface area (Å²) in [5.41, 5.74) is 1.82. The second-order valence-electron chi connectivity index (χ2n) is 3.82. The molecule has 0 spiro atoms. The zero-order chi connectivity index (χ0) is 12.3. The fourth-order valence-electron chi connectivity index (χ4n) is 1.52. The van der Waals surface area contributed by atoms with Crippen LogP contribution in [0.5, 0.6) is 5.75 Å². The molecule has 2 aromatic carbocycles. The van der Waals surface area contributed by atoms with Crippen LogP contribution in [0.3, 0.4) is 0 Å². The predicted molar refractivity (Wildman–Crippen MR) is 66.9 cm³/mol. The molecule has 0 atom stereocenters. The van der Waals surface area contributed by atoms with Crippen molar-refractivity contribution in [1.82, 2.24) is 0 Å². The largest absolute Gasteiger partial charge is 0.489 e. The van der Waals surface area contributed by atoms with E-state index in [0.717, 1.165) is 11.1 Å². The third-order valence-electron chi connectivity index (χ3n) is 2.44. The van der Waals surface area contributed by atoms with Crippen molar-refractivity contribution in [2.24, 2.45) is 0 Å². The Bertz CT molecular complexity index is 508. The van der Waals surface area contributed by atoms with E-state index in [-0.39, 0.29) is 5.82 Å². The van der Waals surface area contributed by atoms with Crippen molar-refractivity contribution in [1.29, 1.82) is 0 Å². The molecule has 17 heavy (non-hydrogen) atoms. The first-order valence-electron chi connectivity index (χ1n) is 5.28. The van der Waals surface area contributed by atoms with Gasteiger partial charge in [0.05, 0.1) is 0 Å². The van der Waals surface area contributed by atoms with Gasteiger partial charge in [0.1, 0.15) is 18.2 Å². The Hall–Kier alpha value is -1.54. The van der Waals surface area contributed by atoms with Crippen LogP contribution in [-0.4, -0.2) is 0 Å². The molecule has 0 saturated carbocycles. The summed E-state index contributed by atoms with van der Waals surface area (Å²) in [7, 11) is 0. The summed E-state index contributed by atoms with van der Waals surface area (Å²) in [5, 5.41) is 0.701. The molecule has 0 amide bonds. The Kier molecular flexibility index (Phi) is 3.64. The zero-order valence-corrected chi connectivity index (χ0v) is 10.2. The highest BCUT2D eigenvalue weighted by atomic mass is 35.5. The highest BCUT2D eigenvalue weighted by Crippen LogP contribution is 2.20. The fourth-order valence-corrected chi connectivity index (χ4v) is 1.64. The van der Waals surface area contributed by atoms with Gasteiger partial charge in [-0.3, -0.25) is 0 Å². The van der Waals surface area contributed by atoms with Crippen LogP contribution in [0.15, 0.2) is 42.5 Å². The lowest BCUT2D eigenvalue weighted by Gasteiger charge is -2.09. The third-order valence-corrected chi connectivity index (χ3v) is 2.70. The summed E-state index contributed by atoms with van der Waals surface area (Å²) in [4.78, 5) is 0. The Morgan fingerprint density at radius 1 is 1.12 bits per heavy atom. The molecule has 0 aliphatic carbocycles. The molecule has 0 aliphatic rings. The predicted octanol–water partition coefficient (Wildman–Crippen LogP) is 4.37. The molecule has 88 valence electrons. The van der Waals surface area contributed by atoms with Gasteiger partial charge in [-0.15, -0.1) is 0 Å². The summed E-state index contributed by atoms with van der Waals surface area (Å²) in [6.07, 6.45) is 0. The van der Waals surface area contributed by atoms with Crippen molar-refractivity contribution in [3.05, 3.63) is 64.4 Å². The summed E-state index contributed by atoms with van der Waals surface area (Å²) < 4.78 is 18.5. The Morgan fingerprint density at radius 3 is 2.47 bits per heavy atom. The topological polar surface area (TPSA) is 9.23 Å². The Labute approximate surface area is 105 Å². The first-order valence-corrected chi connectivity index (χ1v) is 5.66. The summed E-state index contributed by atoms with van der Waals surface area (Å²) in [6, 6.07) is 11.9. The van der Waals surface area contributed by atoms with Gasteiger partial charge in [-0.2, -0.15) is 0 Å². The summed E-state index contributed by atoms with van der Waals surface area (Å²) >= 11 is 5.79. The second-order valence-corrected chi connectivity index (χ2v) is 4.26. The van der Waals surface area contributed by atoms with E-state index in [9.17, 15) is 4.39 Å². The molecule has 0 unspecified atom stereocenters. The number of hydrogen-bond acceptors (Lipinski definition) is 1. The average Bonchev–Trinajstić information content (AvgIpc) is 2.30. The highest BCUT2D eigenvalue weighted by Gasteiger charge is 2.01. The molecule has 2 aromatic rings. The van der Waals surface area contributed by atoms with Crippen LogP contribution >= 0.6 is 11.6 Å². The molecular formula is C14H12ClFO. The van der Waals surface area contributed by atoms with Gasteiger partial charge in [0, 0.05) is 5.02 Å². The van der Waals surface area contributed by atoms with Gasteiger partial charge in [0.15, 0.2) is 0 Å². The molecule has 3 heteroatoms. The van der Waals surface area contributed by atoms with Gasteiger partial charge in [0.2, 0.25) is 0 Å². The second kappa shape index (κ2) is 5.19. The lowest BCUT2D eigenvalue weighted by atomic mass is 10.2. The number of ether oxygens (including phenoxy) is 1. The highest BCUT2D eigenvalue weighted by molar-refractivity contribution is 6.30. The minimum absolute atomic E-state index is 0.249. The lowest BCUT2D eigenvalue weighted by molar-refractivity contribution is 0.303. The molecule has 0 fully saturated rings. The maximum absolute atomic E-state index is 12.9. The number of halogens is 2. The van der Waals surface area contributed by atoms with Gasteiger partial charge < -0.3 is 4.74 Å². The average molecular weight is 251 g/mol.